The van der Waals surface area contributed by atoms with E-state index in [0.29, 0.717) is 24.5 Å². The van der Waals surface area contributed by atoms with E-state index in [9.17, 15) is 4.79 Å². The van der Waals surface area contributed by atoms with Gasteiger partial charge in [-0.1, -0.05) is 18.2 Å². The summed E-state index contributed by atoms with van der Waals surface area (Å²) in [6.45, 7) is 3.08. The van der Waals surface area contributed by atoms with Gasteiger partial charge in [0.25, 0.3) is 5.91 Å². The van der Waals surface area contributed by atoms with Crippen LogP contribution in [0.1, 0.15) is 23.0 Å². The summed E-state index contributed by atoms with van der Waals surface area (Å²) in [6.07, 6.45) is 3.21. The molecule has 2 N–H and O–H groups in total. The summed E-state index contributed by atoms with van der Waals surface area (Å²) in [5, 5.41) is 0. The zero-order chi connectivity index (χ0) is 13.8. The topological polar surface area (TPSA) is 64.2 Å². The Morgan fingerprint density at radius 1 is 1.42 bits per heavy atom. The number of nitrogens with zero attached hydrogens (tertiary/aromatic N) is 3. The van der Waals surface area contributed by atoms with Gasteiger partial charge in [0.1, 0.15) is 5.69 Å². The molecule has 0 saturated carbocycles. The Hall–Kier alpha value is -2.30. The number of hydrogen-bond donors (Lipinski definition) is 1. The van der Waals surface area contributed by atoms with Crippen LogP contribution in [0.5, 0.6) is 0 Å². The number of hydrogen-bond acceptors (Lipinski definition) is 3. The summed E-state index contributed by atoms with van der Waals surface area (Å²) in [7, 11) is 1.81. The van der Waals surface area contributed by atoms with Gasteiger partial charge in [-0.15, -0.1) is 0 Å². The third-order valence-corrected chi connectivity index (χ3v) is 3.12. The summed E-state index contributed by atoms with van der Waals surface area (Å²) in [5.74, 6) is -0.0363. The van der Waals surface area contributed by atoms with Crippen LogP contribution in [0.3, 0.4) is 0 Å². The second kappa shape index (κ2) is 5.56. The molecule has 1 amide bonds. The summed E-state index contributed by atoms with van der Waals surface area (Å²) >= 11 is 0. The van der Waals surface area contributed by atoms with E-state index in [0.717, 1.165) is 5.56 Å². The van der Waals surface area contributed by atoms with Gasteiger partial charge in [-0.05, 0) is 18.6 Å². The van der Waals surface area contributed by atoms with Crippen molar-refractivity contribution in [2.24, 2.45) is 7.05 Å². The van der Waals surface area contributed by atoms with Crippen molar-refractivity contribution < 1.29 is 4.79 Å². The monoisotopic (exact) mass is 258 g/mol. The minimum Gasteiger partial charge on any atom is -0.398 e. The van der Waals surface area contributed by atoms with Crippen molar-refractivity contribution in [1.29, 1.82) is 0 Å². The van der Waals surface area contributed by atoms with Crippen molar-refractivity contribution in [2.45, 2.75) is 13.5 Å². The first-order chi connectivity index (χ1) is 9.13. The van der Waals surface area contributed by atoms with Gasteiger partial charge in [-0.25, -0.2) is 4.98 Å². The molecule has 19 heavy (non-hydrogen) atoms. The Morgan fingerprint density at radius 2 is 2.16 bits per heavy atom. The van der Waals surface area contributed by atoms with E-state index >= 15 is 0 Å². The summed E-state index contributed by atoms with van der Waals surface area (Å²) < 4.78 is 1.72. The lowest BCUT2D eigenvalue weighted by Crippen LogP contribution is -2.31. The molecule has 0 fully saturated rings. The number of aryl methyl sites for hydroxylation is 1. The third-order valence-electron chi connectivity index (χ3n) is 3.12. The first-order valence-corrected chi connectivity index (χ1v) is 6.22. The van der Waals surface area contributed by atoms with E-state index in [2.05, 4.69) is 4.98 Å². The zero-order valence-corrected chi connectivity index (χ0v) is 11.2. The highest BCUT2D eigenvalue weighted by molar-refractivity contribution is 5.92. The number of nitrogens with two attached hydrogens (primary N) is 1. The second-order valence-electron chi connectivity index (χ2n) is 4.41. The fourth-order valence-electron chi connectivity index (χ4n) is 1.94. The van der Waals surface area contributed by atoms with E-state index in [1.165, 1.54) is 0 Å². The zero-order valence-electron chi connectivity index (χ0n) is 11.2. The van der Waals surface area contributed by atoms with Crippen LogP contribution in [0.2, 0.25) is 0 Å². The molecule has 0 bridgehead atoms. The minimum absolute atomic E-state index is 0.0363. The molecule has 0 unspecified atom stereocenters. The van der Waals surface area contributed by atoms with E-state index in [4.69, 9.17) is 5.73 Å². The minimum atomic E-state index is -0.0363. The SMILES string of the molecule is CCN(Cc1ccccc1N)C(=O)c1cncn1C. The highest BCUT2D eigenvalue weighted by Gasteiger charge is 2.18. The maximum Gasteiger partial charge on any atom is 0.272 e. The predicted molar refractivity (Wildman–Crippen MR) is 74.5 cm³/mol. The maximum absolute atomic E-state index is 12.4. The lowest BCUT2D eigenvalue weighted by molar-refractivity contribution is 0.0743. The highest BCUT2D eigenvalue weighted by atomic mass is 16.2. The molecule has 0 saturated heterocycles. The van der Waals surface area contributed by atoms with Crippen LogP contribution in [0.15, 0.2) is 36.8 Å². The van der Waals surface area contributed by atoms with Gasteiger partial charge in [0.05, 0.1) is 12.5 Å². The second-order valence-corrected chi connectivity index (χ2v) is 4.41. The summed E-state index contributed by atoms with van der Waals surface area (Å²) in [6, 6.07) is 7.60. The number of nitrogen functional groups attached to an aromatic ring is 1. The van der Waals surface area contributed by atoms with Crippen LogP contribution in [-0.2, 0) is 13.6 Å². The van der Waals surface area contributed by atoms with Crippen LogP contribution in [0.25, 0.3) is 0 Å². The Bertz CT molecular complexity index is 576. The Morgan fingerprint density at radius 3 is 2.74 bits per heavy atom. The molecule has 1 heterocycles. The molecule has 100 valence electrons. The van der Waals surface area contributed by atoms with Crippen LogP contribution in [0, 0.1) is 0 Å². The summed E-state index contributed by atoms with van der Waals surface area (Å²) in [5.41, 5.74) is 8.16. The standard InChI is InChI=1S/C14H18N4O/c1-3-18(9-11-6-4-5-7-12(11)15)14(19)13-8-16-10-17(13)2/h4-8,10H,3,9,15H2,1-2H3. The third kappa shape index (κ3) is 2.76. The van der Waals surface area contributed by atoms with Crippen molar-refractivity contribution in [2.75, 3.05) is 12.3 Å². The Balaban J connectivity index is 2.20. The number of para-hydroxylation sites is 1. The van der Waals surface area contributed by atoms with Gasteiger partial charge in [0, 0.05) is 25.8 Å². The number of benzene rings is 1. The molecule has 5 heteroatoms. The quantitative estimate of drug-likeness (QED) is 0.848. The van der Waals surface area contributed by atoms with Crippen LogP contribution < -0.4 is 5.73 Å². The average molecular weight is 258 g/mol. The molecule has 1 aromatic heterocycles. The first kappa shape index (κ1) is 13.1. The smallest absolute Gasteiger partial charge is 0.272 e. The van der Waals surface area contributed by atoms with Gasteiger partial charge in [-0.2, -0.15) is 0 Å². The lowest BCUT2D eigenvalue weighted by Gasteiger charge is -2.21. The number of carbonyl (C=O) groups excluding carboxylic acids is 1. The van der Waals surface area contributed by atoms with Gasteiger partial charge in [0.15, 0.2) is 0 Å². The molecule has 0 aliphatic heterocycles. The van der Waals surface area contributed by atoms with Crippen LogP contribution in [-0.4, -0.2) is 26.9 Å². The van der Waals surface area contributed by atoms with Crippen molar-refractivity contribution in [3.63, 3.8) is 0 Å². The Kier molecular flexibility index (Phi) is 3.85. The molecule has 2 rings (SSSR count). The van der Waals surface area contributed by atoms with Crippen molar-refractivity contribution >= 4 is 11.6 Å². The van der Waals surface area contributed by atoms with E-state index in [1.54, 1.807) is 22.0 Å². The number of imidazole rings is 1. The fraction of sp³-hybridized carbons (Fsp3) is 0.286. The molecular formula is C14H18N4O. The highest BCUT2D eigenvalue weighted by Crippen LogP contribution is 2.15. The number of aromatic nitrogens is 2. The number of anilines is 1. The Labute approximate surface area is 112 Å². The molecule has 5 nitrogen and oxygen atoms in total. The van der Waals surface area contributed by atoms with Gasteiger partial charge in [-0.3, -0.25) is 4.79 Å². The fourth-order valence-corrected chi connectivity index (χ4v) is 1.94. The first-order valence-electron chi connectivity index (χ1n) is 6.22. The average Bonchev–Trinajstić information content (AvgIpc) is 2.83. The van der Waals surface area contributed by atoms with E-state index < -0.39 is 0 Å². The molecule has 0 aliphatic carbocycles. The molecule has 1 aromatic carbocycles. The van der Waals surface area contributed by atoms with Gasteiger partial charge >= 0.3 is 0 Å². The molecule has 0 aliphatic rings. The van der Waals surface area contributed by atoms with Crippen molar-refractivity contribution in [3.8, 4) is 0 Å². The number of carbonyl (C=O) groups is 1. The number of rotatable bonds is 4. The number of amides is 1. The van der Waals surface area contributed by atoms with E-state index in [1.807, 2.05) is 38.2 Å². The predicted octanol–water partition coefficient (Wildman–Crippen LogP) is 1.66. The molecular weight excluding hydrogens is 240 g/mol. The largest absolute Gasteiger partial charge is 0.398 e. The lowest BCUT2D eigenvalue weighted by atomic mass is 10.1. The van der Waals surface area contributed by atoms with Crippen molar-refractivity contribution in [1.82, 2.24) is 14.5 Å². The normalized spacial score (nSPS) is 10.4. The maximum atomic E-state index is 12.4. The summed E-state index contributed by atoms with van der Waals surface area (Å²) in [4.78, 5) is 18.1. The van der Waals surface area contributed by atoms with Crippen LogP contribution in [0.4, 0.5) is 5.69 Å². The molecule has 0 atom stereocenters. The molecule has 0 radical (unpaired) electrons. The van der Waals surface area contributed by atoms with Gasteiger partial charge < -0.3 is 15.2 Å². The van der Waals surface area contributed by atoms with Crippen molar-refractivity contribution in [3.05, 3.63) is 48.0 Å². The van der Waals surface area contributed by atoms with Crippen LogP contribution >= 0.6 is 0 Å². The molecule has 0 spiro atoms. The van der Waals surface area contributed by atoms with E-state index in [-0.39, 0.29) is 5.91 Å². The van der Waals surface area contributed by atoms with Gasteiger partial charge in [0.2, 0.25) is 0 Å². The molecule has 2 aromatic rings.